The van der Waals surface area contributed by atoms with E-state index in [0.717, 1.165) is 50.0 Å². The number of pyridine rings is 2. The third kappa shape index (κ3) is 7.87. The summed E-state index contributed by atoms with van der Waals surface area (Å²) in [5.74, 6) is 0.317. The molecule has 3 nitrogen and oxygen atoms in total. The van der Waals surface area contributed by atoms with Crippen molar-refractivity contribution < 1.29 is 24.5 Å². The molecule has 0 aliphatic heterocycles. The fourth-order valence-electron chi connectivity index (χ4n) is 6.38. The normalized spacial score (nSPS) is 11.8. The summed E-state index contributed by atoms with van der Waals surface area (Å²) in [6.45, 7) is 11.4. The van der Waals surface area contributed by atoms with Crippen molar-refractivity contribution >= 4 is 35.2 Å². The molecule has 0 saturated carbocycles. The van der Waals surface area contributed by atoms with Crippen molar-refractivity contribution in [2.75, 3.05) is 0 Å². The number of nitrogens with zero attached hydrogens (tertiary/aromatic N) is 2. The third-order valence-corrected chi connectivity index (χ3v) is 11.3. The Kier molecular flexibility index (Phi) is 10.9. The number of aromatic nitrogens is 2. The molecule has 5 aromatic carbocycles. The molecule has 8 aromatic rings. The maximum Gasteiger partial charge on any atom is 0.120 e. The molecule has 0 aliphatic rings. The quantitative estimate of drug-likeness (QED) is 0.124. The van der Waals surface area contributed by atoms with Gasteiger partial charge in [0.2, 0.25) is 0 Å². The molecule has 1 unspecified atom stereocenters. The van der Waals surface area contributed by atoms with Gasteiger partial charge >= 0.3 is 0 Å². The Bertz CT molecular complexity index is 2380. The van der Waals surface area contributed by atoms with E-state index < -0.39 is 8.07 Å². The van der Waals surface area contributed by atoms with Crippen LogP contribution in [-0.4, -0.2) is 18.0 Å². The number of hydrogen-bond acceptors (Lipinski definition) is 3. The number of aryl methyl sites for hydroxylation is 1. The van der Waals surface area contributed by atoms with Gasteiger partial charge in [-0.1, -0.05) is 129 Å². The Morgan fingerprint density at radius 2 is 1.37 bits per heavy atom. The number of furan rings is 1. The van der Waals surface area contributed by atoms with Gasteiger partial charge in [0.1, 0.15) is 5.58 Å². The van der Waals surface area contributed by atoms with Gasteiger partial charge in [0, 0.05) is 43.4 Å². The van der Waals surface area contributed by atoms with Crippen LogP contribution in [0.15, 0.2) is 150 Å². The molecule has 0 aliphatic carbocycles. The van der Waals surface area contributed by atoms with Crippen LogP contribution < -0.4 is 5.19 Å². The van der Waals surface area contributed by atoms with E-state index in [1.165, 1.54) is 27.4 Å². The van der Waals surface area contributed by atoms with E-state index in [-0.39, 0.29) is 20.1 Å². The zero-order valence-electron chi connectivity index (χ0n) is 29.6. The summed E-state index contributed by atoms with van der Waals surface area (Å²) >= 11 is 0. The second kappa shape index (κ2) is 15.5. The first-order valence-electron chi connectivity index (χ1n) is 17.1. The van der Waals surface area contributed by atoms with Crippen LogP contribution in [0, 0.1) is 19.1 Å². The van der Waals surface area contributed by atoms with Crippen LogP contribution in [0.3, 0.4) is 0 Å². The van der Waals surface area contributed by atoms with Gasteiger partial charge in [0.15, 0.2) is 0 Å². The zero-order chi connectivity index (χ0) is 34.7. The van der Waals surface area contributed by atoms with Crippen LogP contribution in [0.5, 0.6) is 0 Å². The number of rotatable bonds is 6. The minimum atomic E-state index is -1.32. The van der Waals surface area contributed by atoms with Crippen LogP contribution in [0.1, 0.15) is 29.5 Å². The van der Waals surface area contributed by atoms with Gasteiger partial charge < -0.3 is 14.4 Å². The van der Waals surface area contributed by atoms with Crippen LogP contribution in [0.25, 0.3) is 55.6 Å². The largest absolute Gasteiger partial charge is 0.500 e. The first kappa shape index (κ1) is 35.9. The number of benzene rings is 5. The van der Waals surface area contributed by atoms with Crippen molar-refractivity contribution in [2.24, 2.45) is 0 Å². The van der Waals surface area contributed by atoms with Crippen LogP contribution in [-0.2, 0) is 20.1 Å². The smallest absolute Gasteiger partial charge is 0.120 e. The van der Waals surface area contributed by atoms with Crippen molar-refractivity contribution in [3.8, 4) is 33.6 Å². The monoisotopic (exact) mass is 857 g/mol. The fourth-order valence-corrected chi connectivity index (χ4v) is 7.42. The van der Waals surface area contributed by atoms with Crippen LogP contribution in [0.2, 0.25) is 19.6 Å². The Morgan fingerprint density at radius 3 is 2.08 bits per heavy atom. The molecule has 51 heavy (non-hydrogen) atoms. The molecule has 0 bridgehead atoms. The first-order chi connectivity index (χ1) is 24.3. The predicted molar refractivity (Wildman–Crippen MR) is 211 cm³/mol. The third-order valence-electron chi connectivity index (χ3n) is 9.32. The predicted octanol–water partition coefficient (Wildman–Crippen LogP) is 11.7. The maximum atomic E-state index is 5.89. The molecule has 1 radical (unpaired) electrons. The average Bonchev–Trinajstić information content (AvgIpc) is 3.53. The molecule has 0 fully saturated rings. The second-order valence-corrected chi connectivity index (χ2v) is 18.9. The molecular formula is C46H40IrN2OSi-2. The van der Waals surface area contributed by atoms with E-state index in [1.54, 1.807) is 0 Å². The molecule has 1 atom stereocenters. The second-order valence-electron chi connectivity index (χ2n) is 13.8. The van der Waals surface area contributed by atoms with Gasteiger partial charge in [-0.05, 0) is 52.2 Å². The van der Waals surface area contributed by atoms with Crippen LogP contribution in [0.4, 0.5) is 0 Å². The average molecular weight is 857 g/mol. The van der Waals surface area contributed by atoms with E-state index in [2.05, 4.69) is 149 Å². The number of fused-ring (bicyclic) bond motifs is 3. The molecule has 8 rings (SSSR count). The Morgan fingerprint density at radius 1 is 0.667 bits per heavy atom. The fraction of sp³-hybridized carbons (Fsp3) is 0.130. The van der Waals surface area contributed by atoms with Gasteiger partial charge in [-0.15, -0.1) is 59.2 Å². The van der Waals surface area contributed by atoms with Gasteiger partial charge in [-0.2, -0.15) is 0 Å². The Balaban J connectivity index is 0.000000173. The van der Waals surface area contributed by atoms with E-state index in [9.17, 15) is 0 Å². The van der Waals surface area contributed by atoms with E-state index in [1.807, 2.05) is 42.6 Å². The summed E-state index contributed by atoms with van der Waals surface area (Å²) in [5.41, 5.74) is 11.9. The number of hydrogen-bond donors (Lipinski definition) is 0. The SMILES string of the molecule is CC(c1ccccc1)c1ccc[c-]c1-c1ccc([Si](C)(C)C)cn1.Cc1cc(-c2[c-]cc3oc4ccccc4c3c2)ncc1-c1ccccc1.[Ir]. The van der Waals surface area contributed by atoms with Crippen molar-refractivity contribution in [1.82, 2.24) is 9.97 Å². The van der Waals surface area contributed by atoms with Gasteiger partial charge in [0.05, 0.1) is 13.7 Å². The summed E-state index contributed by atoms with van der Waals surface area (Å²) < 4.78 is 5.89. The first-order valence-corrected chi connectivity index (χ1v) is 20.6. The van der Waals surface area contributed by atoms with Crippen molar-refractivity contribution in [1.29, 1.82) is 0 Å². The van der Waals surface area contributed by atoms with Crippen LogP contribution >= 0.6 is 0 Å². The molecule has 0 saturated heterocycles. The van der Waals surface area contributed by atoms with E-state index >= 15 is 0 Å². The molecule has 255 valence electrons. The molecular weight excluding hydrogens is 817 g/mol. The van der Waals surface area contributed by atoms with Crippen molar-refractivity contribution in [3.05, 3.63) is 175 Å². The molecule has 0 N–H and O–H groups in total. The minimum Gasteiger partial charge on any atom is -0.500 e. The van der Waals surface area contributed by atoms with Crippen molar-refractivity contribution in [2.45, 2.75) is 39.4 Å². The zero-order valence-corrected chi connectivity index (χ0v) is 33.0. The van der Waals surface area contributed by atoms with E-state index in [4.69, 9.17) is 14.4 Å². The summed E-state index contributed by atoms with van der Waals surface area (Å²) in [4.78, 5) is 9.45. The van der Waals surface area contributed by atoms with Gasteiger partial charge in [-0.25, -0.2) is 0 Å². The topological polar surface area (TPSA) is 38.9 Å². The molecule has 0 amide bonds. The molecule has 3 aromatic heterocycles. The van der Waals surface area contributed by atoms with Gasteiger partial charge in [0.25, 0.3) is 0 Å². The molecule has 3 heterocycles. The number of para-hydroxylation sites is 1. The van der Waals surface area contributed by atoms with Gasteiger partial charge in [-0.3, -0.25) is 0 Å². The van der Waals surface area contributed by atoms with Crippen molar-refractivity contribution in [3.63, 3.8) is 0 Å². The Labute approximate surface area is 315 Å². The van der Waals surface area contributed by atoms with E-state index in [0.29, 0.717) is 5.92 Å². The summed E-state index contributed by atoms with van der Waals surface area (Å²) in [6, 6.07) is 52.6. The maximum absolute atomic E-state index is 5.89. The minimum absolute atomic E-state index is 0. The Hall–Kier alpha value is -4.93. The summed E-state index contributed by atoms with van der Waals surface area (Å²) in [7, 11) is -1.32. The molecule has 0 spiro atoms. The molecule has 5 heteroatoms. The summed E-state index contributed by atoms with van der Waals surface area (Å²) in [6.07, 6.45) is 4.00. The summed E-state index contributed by atoms with van der Waals surface area (Å²) in [5, 5.41) is 3.61. The standard InChI is InChI=1S/C24H16NO.C22H24NSi.Ir/c1-16-13-22(25-15-21(16)17-7-3-2-4-8-17)18-11-12-24-20(14-18)19-9-5-6-10-23(19)26-24;1-17(18-10-6-5-7-11-18)20-12-8-9-13-21(20)22-15-14-19(16-23-22)24(2,3)4;/h2-10,12-15H,1H3;5-12,14-17H,1-4H3;/q2*-1;.